The first-order valence-electron chi connectivity index (χ1n) is 8.51. The minimum absolute atomic E-state index is 0.0678. The van der Waals surface area contributed by atoms with Gasteiger partial charge in [-0.1, -0.05) is 41.9 Å². The summed E-state index contributed by atoms with van der Waals surface area (Å²) in [7, 11) is 3.84. The third-order valence-corrected chi connectivity index (χ3v) is 5.46. The van der Waals surface area contributed by atoms with Crippen LogP contribution in [0.2, 0.25) is 5.02 Å². The molecular weight excluding hydrogens is 355 g/mol. The molecule has 2 aromatic rings. The van der Waals surface area contributed by atoms with E-state index in [0.717, 1.165) is 5.56 Å². The Morgan fingerprint density at radius 1 is 1.27 bits per heavy atom. The van der Waals surface area contributed by atoms with Crippen molar-refractivity contribution >= 4 is 17.5 Å². The number of β-amino-alcohol motifs (C(OH)–C–C–N with tert-alkyl or cyclic N) is 1. The van der Waals surface area contributed by atoms with E-state index in [1.807, 2.05) is 49.3 Å². The molecule has 6 heteroatoms. The molecule has 1 aliphatic rings. The van der Waals surface area contributed by atoms with E-state index in [1.54, 1.807) is 0 Å². The average Bonchev–Trinajstić information content (AvgIpc) is 2.63. The maximum atomic E-state index is 14.0. The van der Waals surface area contributed by atoms with Crippen LogP contribution < -0.4 is 0 Å². The maximum Gasteiger partial charge on any atom is 0.256 e. The number of hydrogen-bond acceptors (Lipinski definition) is 3. The molecule has 0 aromatic heterocycles. The fraction of sp³-hybridized carbons (Fsp3) is 0.350. The highest BCUT2D eigenvalue weighted by Gasteiger charge is 2.46. The van der Waals surface area contributed by atoms with Crippen LogP contribution in [0.15, 0.2) is 48.5 Å². The number of benzene rings is 2. The number of hydrogen-bond donors (Lipinski definition) is 1. The van der Waals surface area contributed by atoms with E-state index in [1.165, 1.54) is 23.1 Å². The molecule has 2 aromatic carbocycles. The molecule has 0 saturated carbocycles. The summed E-state index contributed by atoms with van der Waals surface area (Å²) in [6, 6.07) is 13.7. The van der Waals surface area contributed by atoms with Crippen LogP contribution in [0.4, 0.5) is 4.39 Å². The molecule has 1 saturated heterocycles. The second-order valence-corrected chi connectivity index (χ2v) is 7.26. The van der Waals surface area contributed by atoms with Gasteiger partial charge in [0.15, 0.2) is 0 Å². The zero-order chi connectivity index (χ0) is 18.9. The summed E-state index contributed by atoms with van der Waals surface area (Å²) >= 11 is 5.90. The van der Waals surface area contributed by atoms with Gasteiger partial charge in [-0.3, -0.25) is 9.69 Å². The molecule has 1 amide bonds. The Balaban J connectivity index is 1.87. The highest BCUT2D eigenvalue weighted by Crippen LogP contribution is 2.38. The van der Waals surface area contributed by atoms with Crippen LogP contribution in [0.25, 0.3) is 0 Å². The largest absolute Gasteiger partial charge is 0.389 e. The van der Waals surface area contributed by atoms with Crippen molar-refractivity contribution in [1.82, 2.24) is 9.80 Å². The predicted octanol–water partition coefficient (Wildman–Crippen LogP) is 3.14. The first-order valence-corrected chi connectivity index (χ1v) is 8.89. The number of aliphatic hydroxyl groups excluding tert-OH is 1. The molecule has 0 aliphatic carbocycles. The van der Waals surface area contributed by atoms with Crippen LogP contribution in [-0.2, 0) is 5.54 Å². The molecule has 1 N–H and O–H groups in total. The summed E-state index contributed by atoms with van der Waals surface area (Å²) in [5.41, 5.74) is 0.338. The first kappa shape index (κ1) is 18.8. The fourth-order valence-electron chi connectivity index (χ4n) is 3.78. The first-order chi connectivity index (χ1) is 12.4. The summed E-state index contributed by atoms with van der Waals surface area (Å²) in [4.78, 5) is 16.2. The molecule has 1 aliphatic heterocycles. The molecule has 2 atom stereocenters. The van der Waals surface area contributed by atoms with E-state index in [-0.39, 0.29) is 12.1 Å². The molecule has 1 fully saturated rings. The molecule has 3 rings (SSSR count). The van der Waals surface area contributed by atoms with Crippen molar-refractivity contribution in [2.24, 2.45) is 0 Å². The second-order valence-electron chi connectivity index (χ2n) is 6.83. The van der Waals surface area contributed by atoms with Crippen LogP contribution in [0.1, 0.15) is 22.3 Å². The van der Waals surface area contributed by atoms with E-state index in [9.17, 15) is 14.3 Å². The van der Waals surface area contributed by atoms with Crippen LogP contribution >= 0.6 is 11.6 Å². The van der Waals surface area contributed by atoms with Crippen molar-refractivity contribution in [2.75, 3.05) is 27.2 Å². The van der Waals surface area contributed by atoms with Gasteiger partial charge >= 0.3 is 0 Å². The number of aliphatic hydroxyl groups is 1. The van der Waals surface area contributed by atoms with Gasteiger partial charge in [0.05, 0.1) is 17.2 Å². The monoisotopic (exact) mass is 376 g/mol. The fourth-order valence-corrected chi connectivity index (χ4v) is 3.95. The lowest BCUT2D eigenvalue weighted by Crippen LogP contribution is -2.60. The summed E-state index contributed by atoms with van der Waals surface area (Å²) < 4.78 is 14.0. The molecule has 26 heavy (non-hydrogen) atoms. The third kappa shape index (κ3) is 3.22. The van der Waals surface area contributed by atoms with Gasteiger partial charge in [-0.2, -0.15) is 0 Å². The number of halogens is 2. The van der Waals surface area contributed by atoms with Gasteiger partial charge in [-0.25, -0.2) is 4.39 Å². The number of amides is 1. The van der Waals surface area contributed by atoms with Crippen LogP contribution in [0.3, 0.4) is 0 Å². The Morgan fingerprint density at radius 3 is 2.58 bits per heavy atom. The lowest BCUT2D eigenvalue weighted by atomic mass is 9.77. The SMILES string of the molecule is CN(C)[C@]1(c2ccccc2)CCN(C(=O)c2cc(Cl)ccc2F)C[C@H]1O. The number of carbonyl (C=O) groups is 1. The van der Waals surface area contributed by atoms with Crippen LogP contribution in [0, 0.1) is 5.82 Å². The lowest BCUT2D eigenvalue weighted by Gasteiger charge is -2.49. The van der Waals surface area contributed by atoms with Gasteiger partial charge in [0.1, 0.15) is 5.82 Å². The highest BCUT2D eigenvalue weighted by molar-refractivity contribution is 6.31. The second kappa shape index (κ2) is 7.35. The Morgan fingerprint density at radius 2 is 1.96 bits per heavy atom. The lowest BCUT2D eigenvalue weighted by molar-refractivity contribution is -0.0612. The smallest absolute Gasteiger partial charge is 0.256 e. The van der Waals surface area contributed by atoms with Gasteiger partial charge in [0.2, 0.25) is 0 Å². The van der Waals surface area contributed by atoms with Crippen molar-refractivity contribution < 1.29 is 14.3 Å². The summed E-state index contributed by atoms with van der Waals surface area (Å²) in [5.74, 6) is -1.06. The number of nitrogens with zero attached hydrogens (tertiary/aromatic N) is 2. The van der Waals surface area contributed by atoms with E-state index >= 15 is 0 Å². The predicted molar refractivity (Wildman–Crippen MR) is 99.7 cm³/mol. The van der Waals surface area contributed by atoms with Crippen molar-refractivity contribution in [3.63, 3.8) is 0 Å². The standard InChI is InChI=1S/C20H22ClFN2O2/c1-23(2)20(14-6-4-3-5-7-14)10-11-24(13-18(20)25)19(26)16-12-15(21)8-9-17(16)22/h3-9,12,18,25H,10-11,13H2,1-2H3/t18-,20+/m1/s1. The van der Waals surface area contributed by atoms with E-state index in [4.69, 9.17) is 11.6 Å². The average molecular weight is 377 g/mol. The molecule has 0 unspecified atom stereocenters. The van der Waals surface area contributed by atoms with Crippen molar-refractivity contribution in [1.29, 1.82) is 0 Å². The van der Waals surface area contributed by atoms with Crippen LogP contribution in [0.5, 0.6) is 0 Å². The van der Waals surface area contributed by atoms with Crippen molar-refractivity contribution in [2.45, 2.75) is 18.1 Å². The molecule has 138 valence electrons. The summed E-state index contributed by atoms with van der Waals surface area (Å²) in [6.45, 7) is 0.535. The quantitative estimate of drug-likeness (QED) is 0.895. The normalized spacial score (nSPS) is 23.3. The van der Waals surface area contributed by atoms with E-state index in [0.29, 0.717) is 18.0 Å². The van der Waals surface area contributed by atoms with Gasteiger partial charge in [0, 0.05) is 18.1 Å². The van der Waals surface area contributed by atoms with Crippen molar-refractivity contribution in [3.05, 3.63) is 70.5 Å². The number of carbonyl (C=O) groups excluding carboxylic acids is 1. The minimum Gasteiger partial charge on any atom is -0.389 e. The Bertz CT molecular complexity index is 800. The number of likely N-dealkylation sites (N-methyl/N-ethyl adjacent to an activating group) is 1. The Hall–Kier alpha value is -1.95. The maximum absolute atomic E-state index is 14.0. The summed E-state index contributed by atoms with van der Waals surface area (Å²) in [6.07, 6.45) is -0.265. The highest BCUT2D eigenvalue weighted by atomic mass is 35.5. The number of rotatable bonds is 3. The molecule has 0 bridgehead atoms. The van der Waals surface area contributed by atoms with Crippen LogP contribution in [-0.4, -0.2) is 54.1 Å². The van der Waals surface area contributed by atoms with Gasteiger partial charge in [-0.15, -0.1) is 0 Å². The zero-order valence-electron chi connectivity index (χ0n) is 14.8. The molecule has 0 radical (unpaired) electrons. The van der Waals surface area contributed by atoms with Crippen molar-refractivity contribution in [3.8, 4) is 0 Å². The van der Waals surface area contributed by atoms with Gasteiger partial charge in [-0.05, 0) is 44.3 Å². The Kier molecular flexibility index (Phi) is 5.32. The number of piperidine rings is 1. The topological polar surface area (TPSA) is 43.8 Å². The molecular formula is C20H22ClFN2O2. The summed E-state index contributed by atoms with van der Waals surface area (Å²) in [5, 5.41) is 11.3. The Labute approximate surface area is 157 Å². The molecule has 4 nitrogen and oxygen atoms in total. The van der Waals surface area contributed by atoms with E-state index in [2.05, 4.69) is 0 Å². The molecule has 1 heterocycles. The zero-order valence-corrected chi connectivity index (χ0v) is 15.6. The molecule has 0 spiro atoms. The van der Waals surface area contributed by atoms with Gasteiger partial charge in [0.25, 0.3) is 5.91 Å². The third-order valence-electron chi connectivity index (χ3n) is 5.23. The number of likely N-dealkylation sites (tertiary alicyclic amines) is 1. The minimum atomic E-state index is -0.806. The van der Waals surface area contributed by atoms with E-state index < -0.39 is 23.4 Å². The van der Waals surface area contributed by atoms with Gasteiger partial charge < -0.3 is 10.0 Å².